The van der Waals surface area contributed by atoms with Crippen LogP contribution in [0.25, 0.3) is 0 Å². The first-order chi connectivity index (χ1) is 13.0. The molecule has 5 nitrogen and oxygen atoms in total. The summed E-state index contributed by atoms with van der Waals surface area (Å²) in [4.78, 5) is 16.3. The van der Waals surface area contributed by atoms with E-state index in [1.165, 1.54) is 12.1 Å². The number of hydrogen-bond donors (Lipinski definition) is 0. The van der Waals surface area contributed by atoms with Gasteiger partial charge in [-0.1, -0.05) is 35.4 Å². The molecule has 0 spiro atoms. The van der Waals surface area contributed by atoms with Gasteiger partial charge in [0.05, 0.1) is 5.41 Å². The molecule has 1 fully saturated rings. The number of aromatic nitrogens is 3. The number of benzene rings is 1. The van der Waals surface area contributed by atoms with Crippen LogP contribution in [0.3, 0.4) is 0 Å². The van der Waals surface area contributed by atoms with E-state index in [0.29, 0.717) is 43.1 Å². The summed E-state index contributed by atoms with van der Waals surface area (Å²) in [7, 11) is 0. The summed E-state index contributed by atoms with van der Waals surface area (Å²) < 4.78 is 34.9. The van der Waals surface area contributed by atoms with Crippen molar-refractivity contribution >= 4 is 11.3 Å². The predicted molar refractivity (Wildman–Crippen MR) is 96.9 cm³/mol. The van der Waals surface area contributed by atoms with E-state index in [0.717, 1.165) is 35.9 Å². The summed E-state index contributed by atoms with van der Waals surface area (Å²) in [6.07, 6.45) is 3.65. The van der Waals surface area contributed by atoms with Crippen LogP contribution in [0.5, 0.6) is 0 Å². The molecule has 0 radical (unpaired) electrons. The molecular weight excluding hydrogens is 372 g/mol. The number of aryl methyl sites for hydroxylation is 2. The lowest BCUT2D eigenvalue weighted by molar-refractivity contribution is 0.352. The van der Waals surface area contributed by atoms with Crippen molar-refractivity contribution < 1.29 is 13.3 Å². The molecule has 0 bridgehead atoms. The summed E-state index contributed by atoms with van der Waals surface area (Å²) in [5.74, 6) is -0.329. The van der Waals surface area contributed by atoms with Gasteiger partial charge in [-0.25, -0.2) is 8.78 Å². The maximum Gasteiger partial charge on any atom is 0.307 e. The molecule has 2 heterocycles. The van der Waals surface area contributed by atoms with Gasteiger partial charge in [-0.2, -0.15) is 4.98 Å². The van der Waals surface area contributed by atoms with Gasteiger partial charge in [0.25, 0.3) is 0 Å². The van der Waals surface area contributed by atoms with Crippen molar-refractivity contribution in [2.75, 3.05) is 0 Å². The Bertz CT molecular complexity index is 1020. The summed E-state index contributed by atoms with van der Waals surface area (Å²) >= 11 is 1.16. The molecule has 4 rings (SSSR count). The van der Waals surface area contributed by atoms with Gasteiger partial charge in [-0.3, -0.25) is 4.79 Å². The van der Waals surface area contributed by atoms with Crippen molar-refractivity contribution in [1.29, 1.82) is 0 Å². The first-order valence-corrected chi connectivity index (χ1v) is 9.81. The molecule has 0 atom stereocenters. The monoisotopic (exact) mass is 391 g/mol. The topological polar surface area (TPSA) is 60.9 Å². The summed E-state index contributed by atoms with van der Waals surface area (Å²) in [5, 5.41) is 5.94. The third kappa shape index (κ3) is 3.22. The second kappa shape index (κ2) is 6.99. The number of halogens is 2. The van der Waals surface area contributed by atoms with Crippen LogP contribution in [0.4, 0.5) is 8.78 Å². The maximum atomic E-state index is 14.5. The quantitative estimate of drug-likeness (QED) is 0.660. The molecule has 1 aliphatic carbocycles. The van der Waals surface area contributed by atoms with Crippen molar-refractivity contribution in [2.45, 2.75) is 51.0 Å². The molecule has 27 heavy (non-hydrogen) atoms. The first-order valence-electron chi connectivity index (χ1n) is 8.93. The molecule has 0 amide bonds. The van der Waals surface area contributed by atoms with Gasteiger partial charge in [-0.05, 0) is 25.8 Å². The molecule has 0 unspecified atom stereocenters. The van der Waals surface area contributed by atoms with E-state index in [4.69, 9.17) is 4.52 Å². The third-order valence-electron chi connectivity index (χ3n) is 5.33. The van der Waals surface area contributed by atoms with E-state index in [-0.39, 0.29) is 4.87 Å². The van der Waals surface area contributed by atoms with E-state index in [2.05, 4.69) is 10.1 Å². The molecule has 0 saturated heterocycles. The highest BCUT2D eigenvalue weighted by molar-refractivity contribution is 7.07. The van der Waals surface area contributed by atoms with Crippen LogP contribution in [-0.2, 0) is 18.4 Å². The minimum atomic E-state index is -0.686. The zero-order valence-electron chi connectivity index (χ0n) is 14.9. The minimum Gasteiger partial charge on any atom is -0.339 e. The Morgan fingerprint density at radius 2 is 2.07 bits per heavy atom. The van der Waals surface area contributed by atoms with E-state index in [1.807, 2.05) is 12.3 Å². The Morgan fingerprint density at radius 3 is 2.74 bits per heavy atom. The van der Waals surface area contributed by atoms with Crippen LogP contribution in [0.1, 0.15) is 48.7 Å². The molecule has 3 aromatic rings. The van der Waals surface area contributed by atoms with Gasteiger partial charge in [-0.15, -0.1) is 0 Å². The smallest absolute Gasteiger partial charge is 0.307 e. The number of nitrogens with zero attached hydrogens (tertiary/aromatic N) is 3. The summed E-state index contributed by atoms with van der Waals surface area (Å²) in [5.41, 5.74) is 0.623. The van der Waals surface area contributed by atoms with E-state index < -0.39 is 17.0 Å². The predicted octanol–water partition coefficient (Wildman–Crippen LogP) is 3.98. The zero-order chi connectivity index (χ0) is 19.0. The van der Waals surface area contributed by atoms with Crippen molar-refractivity contribution in [3.8, 4) is 0 Å². The minimum absolute atomic E-state index is 0.0205. The standard InChI is InChI=1S/C19H19F2N3O2S/c1-12-11-27-18(25)24(12)9-6-16-22-17(23-26-16)19(7-2-3-8-19)14-5-4-13(20)10-15(14)21/h4-5,10-11H,2-3,6-9H2,1H3. The number of hydrogen-bond acceptors (Lipinski definition) is 5. The zero-order valence-corrected chi connectivity index (χ0v) is 15.7. The summed E-state index contributed by atoms with van der Waals surface area (Å²) in [6, 6.07) is 3.66. The van der Waals surface area contributed by atoms with Gasteiger partial charge in [0.15, 0.2) is 5.82 Å². The second-order valence-corrected chi connectivity index (χ2v) is 7.79. The van der Waals surface area contributed by atoms with Crippen molar-refractivity contribution in [2.24, 2.45) is 0 Å². The van der Waals surface area contributed by atoms with Crippen molar-refractivity contribution in [3.05, 3.63) is 67.9 Å². The molecule has 142 valence electrons. The Kier molecular flexibility index (Phi) is 4.67. The molecule has 8 heteroatoms. The molecule has 1 saturated carbocycles. The van der Waals surface area contributed by atoms with E-state index in [9.17, 15) is 13.6 Å². The highest BCUT2D eigenvalue weighted by Crippen LogP contribution is 2.46. The lowest BCUT2D eigenvalue weighted by atomic mass is 9.78. The molecular formula is C19H19F2N3O2S. The Morgan fingerprint density at radius 1 is 1.30 bits per heavy atom. The normalized spacial score (nSPS) is 16.1. The summed E-state index contributed by atoms with van der Waals surface area (Å²) in [6.45, 7) is 2.33. The van der Waals surface area contributed by atoms with Crippen molar-refractivity contribution in [3.63, 3.8) is 0 Å². The van der Waals surface area contributed by atoms with Gasteiger partial charge in [0, 0.05) is 35.7 Å². The van der Waals surface area contributed by atoms with E-state index in [1.54, 1.807) is 4.57 Å². The van der Waals surface area contributed by atoms with E-state index >= 15 is 0 Å². The molecule has 1 aromatic carbocycles. The van der Waals surface area contributed by atoms with Gasteiger partial charge in [0.2, 0.25) is 5.89 Å². The average Bonchev–Trinajstić information content (AvgIpc) is 3.35. The fourth-order valence-corrected chi connectivity index (χ4v) is 4.66. The Balaban J connectivity index is 1.62. The van der Waals surface area contributed by atoms with Crippen LogP contribution in [0.2, 0.25) is 0 Å². The van der Waals surface area contributed by atoms with Gasteiger partial charge < -0.3 is 9.09 Å². The highest BCUT2D eigenvalue weighted by Gasteiger charge is 2.43. The fourth-order valence-electron chi connectivity index (χ4n) is 3.90. The van der Waals surface area contributed by atoms with Gasteiger partial charge >= 0.3 is 4.87 Å². The number of rotatable bonds is 5. The average molecular weight is 391 g/mol. The SMILES string of the molecule is Cc1csc(=O)n1CCc1nc(C2(c3ccc(F)cc3F)CCCC2)no1. The van der Waals surface area contributed by atoms with Crippen molar-refractivity contribution in [1.82, 2.24) is 14.7 Å². The van der Waals surface area contributed by atoms with Crippen LogP contribution in [-0.4, -0.2) is 14.7 Å². The van der Waals surface area contributed by atoms with Crippen LogP contribution < -0.4 is 4.87 Å². The Labute approximate surface area is 158 Å². The second-order valence-electron chi connectivity index (χ2n) is 6.97. The first kappa shape index (κ1) is 18.0. The lowest BCUT2D eigenvalue weighted by Gasteiger charge is -2.26. The van der Waals surface area contributed by atoms with Crippen LogP contribution >= 0.6 is 11.3 Å². The lowest BCUT2D eigenvalue weighted by Crippen LogP contribution is -2.27. The molecule has 0 aliphatic heterocycles. The Hall–Kier alpha value is -2.35. The molecule has 1 aliphatic rings. The number of thiazole rings is 1. The van der Waals surface area contributed by atoms with Crippen LogP contribution in [0, 0.1) is 18.6 Å². The largest absolute Gasteiger partial charge is 0.339 e. The van der Waals surface area contributed by atoms with Crippen LogP contribution in [0.15, 0.2) is 32.9 Å². The highest BCUT2D eigenvalue weighted by atomic mass is 32.1. The maximum absolute atomic E-state index is 14.5. The molecule has 2 aromatic heterocycles. The third-order valence-corrected chi connectivity index (χ3v) is 6.21. The van der Waals surface area contributed by atoms with Gasteiger partial charge in [0.1, 0.15) is 11.6 Å². The fraction of sp³-hybridized carbons (Fsp3) is 0.421. The molecule has 0 N–H and O–H groups in total.